The van der Waals surface area contributed by atoms with Gasteiger partial charge >= 0.3 is 0 Å². The second-order valence-electron chi connectivity index (χ2n) is 6.92. The topological polar surface area (TPSA) is 76.7 Å². The van der Waals surface area contributed by atoms with Gasteiger partial charge in [0.25, 0.3) is 5.91 Å². The number of methoxy groups -OCH3 is 1. The highest BCUT2D eigenvalue weighted by Crippen LogP contribution is 2.20. The number of amides is 2. The Kier molecular flexibility index (Phi) is 6.66. The summed E-state index contributed by atoms with van der Waals surface area (Å²) in [6.45, 7) is 3.16. The summed E-state index contributed by atoms with van der Waals surface area (Å²) in [6, 6.07) is 12.7. The number of carbonyl (C=O) groups excluding carboxylic acids is 2. The van der Waals surface area contributed by atoms with Gasteiger partial charge in [0.2, 0.25) is 5.91 Å². The minimum absolute atomic E-state index is 0.0732. The molecule has 6 heteroatoms. The van der Waals surface area contributed by atoms with Crippen LogP contribution in [-0.2, 0) is 16.0 Å². The van der Waals surface area contributed by atoms with Crippen molar-refractivity contribution in [3.05, 3.63) is 59.2 Å². The van der Waals surface area contributed by atoms with E-state index in [1.165, 1.54) is 0 Å². The standard InChI is InChI=1S/C22H26N2O4/c1-15-12-16(9-10-20(15)27-2)13-21(25)24-19-8-4-3-7-18(19)22(26)23-14-17-6-5-11-28-17/h3-4,7-10,12,17H,5-6,11,13-14H2,1-2H3,(H,23,26)(H,24,25). The molecular weight excluding hydrogens is 356 g/mol. The van der Waals surface area contributed by atoms with E-state index in [0.717, 1.165) is 36.3 Å². The molecule has 1 unspecified atom stereocenters. The second kappa shape index (κ2) is 9.37. The molecule has 0 aliphatic carbocycles. The Morgan fingerprint density at radius 1 is 1.21 bits per heavy atom. The van der Waals surface area contributed by atoms with Gasteiger partial charge in [0.1, 0.15) is 5.75 Å². The van der Waals surface area contributed by atoms with Crippen LogP contribution in [0.4, 0.5) is 5.69 Å². The predicted octanol–water partition coefficient (Wildman–Crippen LogP) is 3.09. The summed E-state index contributed by atoms with van der Waals surface area (Å²) in [5.41, 5.74) is 2.81. The fourth-order valence-corrected chi connectivity index (χ4v) is 3.33. The van der Waals surface area contributed by atoms with Crippen LogP contribution in [0.15, 0.2) is 42.5 Å². The summed E-state index contributed by atoms with van der Waals surface area (Å²) in [7, 11) is 1.62. The molecule has 3 rings (SSSR count). The van der Waals surface area contributed by atoms with Crippen molar-refractivity contribution in [2.45, 2.75) is 32.3 Å². The first-order valence-corrected chi connectivity index (χ1v) is 9.49. The molecule has 0 radical (unpaired) electrons. The molecule has 2 aromatic carbocycles. The van der Waals surface area contributed by atoms with Crippen LogP contribution in [0, 0.1) is 6.92 Å². The van der Waals surface area contributed by atoms with E-state index >= 15 is 0 Å². The number of benzene rings is 2. The molecule has 148 valence electrons. The fraction of sp³-hybridized carbons (Fsp3) is 0.364. The van der Waals surface area contributed by atoms with Crippen molar-refractivity contribution < 1.29 is 19.1 Å². The molecule has 1 heterocycles. The zero-order valence-corrected chi connectivity index (χ0v) is 16.3. The number of para-hydroxylation sites is 1. The van der Waals surface area contributed by atoms with Crippen molar-refractivity contribution in [2.75, 3.05) is 25.6 Å². The first-order chi connectivity index (χ1) is 13.6. The summed E-state index contributed by atoms with van der Waals surface area (Å²) in [4.78, 5) is 25.0. The minimum atomic E-state index is -0.216. The number of hydrogen-bond acceptors (Lipinski definition) is 4. The molecule has 1 aliphatic heterocycles. The Hall–Kier alpha value is -2.86. The lowest BCUT2D eigenvalue weighted by atomic mass is 10.1. The van der Waals surface area contributed by atoms with Gasteiger partial charge in [-0.1, -0.05) is 24.3 Å². The van der Waals surface area contributed by atoms with E-state index < -0.39 is 0 Å². The van der Waals surface area contributed by atoms with Crippen LogP contribution < -0.4 is 15.4 Å². The molecule has 0 aromatic heterocycles. The lowest BCUT2D eigenvalue weighted by Gasteiger charge is -2.14. The average Bonchev–Trinajstić information content (AvgIpc) is 3.20. The molecule has 28 heavy (non-hydrogen) atoms. The van der Waals surface area contributed by atoms with Gasteiger partial charge in [-0.3, -0.25) is 9.59 Å². The third-order valence-corrected chi connectivity index (χ3v) is 4.78. The van der Waals surface area contributed by atoms with E-state index in [9.17, 15) is 9.59 Å². The van der Waals surface area contributed by atoms with Crippen molar-refractivity contribution in [3.63, 3.8) is 0 Å². The maximum Gasteiger partial charge on any atom is 0.253 e. The number of rotatable bonds is 7. The highest BCUT2D eigenvalue weighted by molar-refractivity contribution is 6.04. The number of anilines is 1. The highest BCUT2D eigenvalue weighted by Gasteiger charge is 2.18. The van der Waals surface area contributed by atoms with Crippen molar-refractivity contribution >= 4 is 17.5 Å². The second-order valence-corrected chi connectivity index (χ2v) is 6.92. The summed E-state index contributed by atoms with van der Waals surface area (Å²) in [5.74, 6) is 0.396. The maximum absolute atomic E-state index is 12.5. The summed E-state index contributed by atoms with van der Waals surface area (Å²) >= 11 is 0. The summed E-state index contributed by atoms with van der Waals surface area (Å²) in [6.07, 6.45) is 2.28. The fourth-order valence-electron chi connectivity index (χ4n) is 3.33. The number of aryl methyl sites for hydroxylation is 1. The Balaban J connectivity index is 1.62. The summed E-state index contributed by atoms with van der Waals surface area (Å²) in [5, 5.41) is 5.75. The highest BCUT2D eigenvalue weighted by atomic mass is 16.5. The smallest absolute Gasteiger partial charge is 0.253 e. The summed E-state index contributed by atoms with van der Waals surface area (Å²) < 4.78 is 10.8. The average molecular weight is 382 g/mol. The zero-order valence-electron chi connectivity index (χ0n) is 16.3. The van der Waals surface area contributed by atoms with Gasteiger partial charge in [-0.15, -0.1) is 0 Å². The molecule has 6 nitrogen and oxygen atoms in total. The van der Waals surface area contributed by atoms with Crippen LogP contribution in [0.3, 0.4) is 0 Å². The molecule has 2 N–H and O–H groups in total. The van der Waals surface area contributed by atoms with Gasteiger partial charge in [-0.25, -0.2) is 0 Å². The minimum Gasteiger partial charge on any atom is -0.496 e. The lowest BCUT2D eigenvalue weighted by Crippen LogP contribution is -2.32. The van der Waals surface area contributed by atoms with E-state index in [2.05, 4.69) is 10.6 Å². The van der Waals surface area contributed by atoms with E-state index in [1.807, 2.05) is 25.1 Å². The maximum atomic E-state index is 12.5. The number of ether oxygens (including phenoxy) is 2. The van der Waals surface area contributed by atoms with Crippen LogP contribution in [-0.4, -0.2) is 38.2 Å². The molecule has 0 bridgehead atoms. The number of carbonyl (C=O) groups is 2. The molecule has 1 atom stereocenters. The van der Waals surface area contributed by atoms with Gasteiger partial charge in [0.05, 0.1) is 30.9 Å². The van der Waals surface area contributed by atoms with E-state index in [0.29, 0.717) is 17.8 Å². The Labute approximate surface area is 165 Å². The van der Waals surface area contributed by atoms with Crippen molar-refractivity contribution in [1.82, 2.24) is 5.32 Å². The van der Waals surface area contributed by atoms with Crippen LogP contribution in [0.2, 0.25) is 0 Å². The van der Waals surface area contributed by atoms with Gasteiger partial charge < -0.3 is 20.1 Å². The van der Waals surface area contributed by atoms with Crippen LogP contribution in [0.25, 0.3) is 0 Å². The van der Waals surface area contributed by atoms with Gasteiger partial charge in [-0.05, 0) is 49.1 Å². The van der Waals surface area contributed by atoms with Gasteiger partial charge in [0.15, 0.2) is 0 Å². The van der Waals surface area contributed by atoms with Crippen LogP contribution >= 0.6 is 0 Å². The van der Waals surface area contributed by atoms with Crippen molar-refractivity contribution in [1.29, 1.82) is 0 Å². The molecule has 2 aromatic rings. The largest absolute Gasteiger partial charge is 0.496 e. The Bertz CT molecular complexity index is 844. The monoisotopic (exact) mass is 382 g/mol. The number of hydrogen-bond donors (Lipinski definition) is 2. The van der Waals surface area contributed by atoms with Gasteiger partial charge in [-0.2, -0.15) is 0 Å². The Morgan fingerprint density at radius 3 is 2.75 bits per heavy atom. The Morgan fingerprint density at radius 2 is 2.04 bits per heavy atom. The SMILES string of the molecule is COc1ccc(CC(=O)Nc2ccccc2C(=O)NCC2CCCO2)cc1C. The molecule has 0 spiro atoms. The van der Waals surface area contributed by atoms with Gasteiger partial charge in [0, 0.05) is 13.2 Å². The number of nitrogens with one attached hydrogen (secondary N) is 2. The zero-order chi connectivity index (χ0) is 19.9. The molecule has 1 aliphatic rings. The molecule has 0 saturated carbocycles. The van der Waals surface area contributed by atoms with E-state index in [-0.39, 0.29) is 24.3 Å². The third-order valence-electron chi connectivity index (χ3n) is 4.78. The molecular formula is C22H26N2O4. The first kappa shape index (κ1) is 19.9. The van der Waals surface area contributed by atoms with E-state index in [4.69, 9.17) is 9.47 Å². The molecule has 2 amide bonds. The van der Waals surface area contributed by atoms with Crippen molar-refractivity contribution in [2.24, 2.45) is 0 Å². The van der Waals surface area contributed by atoms with Crippen LogP contribution in [0.5, 0.6) is 5.75 Å². The van der Waals surface area contributed by atoms with Crippen molar-refractivity contribution in [3.8, 4) is 5.75 Å². The molecule has 1 saturated heterocycles. The molecule has 1 fully saturated rings. The third kappa shape index (κ3) is 5.10. The quantitative estimate of drug-likeness (QED) is 0.772. The first-order valence-electron chi connectivity index (χ1n) is 9.49. The lowest BCUT2D eigenvalue weighted by molar-refractivity contribution is -0.115. The predicted molar refractivity (Wildman–Crippen MR) is 108 cm³/mol. The van der Waals surface area contributed by atoms with E-state index in [1.54, 1.807) is 31.4 Å². The van der Waals surface area contributed by atoms with Crippen LogP contribution in [0.1, 0.15) is 34.3 Å². The normalized spacial score (nSPS) is 15.9.